The maximum atomic E-state index is 12.3. The van der Waals surface area contributed by atoms with Crippen molar-refractivity contribution >= 4 is 19.8 Å². The van der Waals surface area contributed by atoms with Gasteiger partial charge in [0.15, 0.2) is 6.10 Å². The maximum absolute atomic E-state index is 12.3. The second-order valence-corrected chi connectivity index (χ2v) is 14.0. The van der Waals surface area contributed by atoms with E-state index in [0.717, 1.165) is 51.4 Å². The van der Waals surface area contributed by atoms with Crippen LogP contribution in [-0.2, 0) is 28.2 Å². The van der Waals surface area contributed by atoms with Crippen molar-refractivity contribution in [3.63, 3.8) is 0 Å². The molecule has 0 aromatic carbocycles. The highest BCUT2D eigenvalue weighted by atomic mass is 31.2. The smallest absolute Gasteiger partial charge is 0.462 e. The zero-order chi connectivity index (χ0) is 36.3. The lowest BCUT2D eigenvalue weighted by molar-refractivity contribution is -0.161. The number of hydrogen-bond donors (Lipinski definition) is 3. The second kappa shape index (κ2) is 34.4. The second-order valence-electron chi connectivity index (χ2n) is 12.8. The topological polar surface area (TPSA) is 140 Å². The average molecular weight is 713 g/mol. The van der Waals surface area contributed by atoms with Gasteiger partial charge in [0.1, 0.15) is 6.61 Å². The summed E-state index contributed by atoms with van der Waals surface area (Å²) >= 11 is 0. The van der Waals surface area contributed by atoms with Gasteiger partial charge in [0.2, 0.25) is 0 Å². The number of phosphoric ester groups is 1. The fraction of sp³-hybridized carbons (Fsp3) is 0.744. The normalized spacial score (nSPS) is 13.7. The highest BCUT2D eigenvalue weighted by Gasteiger charge is 2.22. The molecule has 10 heteroatoms. The van der Waals surface area contributed by atoms with E-state index in [0.29, 0.717) is 19.3 Å². The summed E-state index contributed by atoms with van der Waals surface area (Å²) in [5.41, 5.74) is 0. The van der Waals surface area contributed by atoms with E-state index in [1.54, 1.807) is 0 Å². The monoisotopic (exact) mass is 712 g/mol. The number of esters is 2. The van der Waals surface area contributed by atoms with E-state index in [-0.39, 0.29) is 25.6 Å². The van der Waals surface area contributed by atoms with Crippen LogP contribution in [0.1, 0.15) is 162 Å². The van der Waals surface area contributed by atoms with Gasteiger partial charge in [0.25, 0.3) is 0 Å². The van der Waals surface area contributed by atoms with E-state index in [9.17, 15) is 19.3 Å². The molecule has 0 saturated heterocycles. The van der Waals surface area contributed by atoms with Gasteiger partial charge in [-0.3, -0.25) is 14.1 Å². The number of allylic oxidation sites excluding steroid dienone is 7. The minimum atomic E-state index is -4.77. The Labute approximate surface area is 297 Å². The third-order valence-corrected chi connectivity index (χ3v) is 8.44. The molecule has 0 radical (unpaired) electrons. The van der Waals surface area contributed by atoms with Gasteiger partial charge >= 0.3 is 19.8 Å². The molecule has 0 aliphatic rings. The van der Waals surface area contributed by atoms with Crippen molar-refractivity contribution in [2.75, 3.05) is 13.2 Å². The summed E-state index contributed by atoms with van der Waals surface area (Å²) in [5, 5.41) is 9.86. The molecule has 2 atom stereocenters. The van der Waals surface area contributed by atoms with E-state index >= 15 is 0 Å². The number of aliphatic hydroxyl groups excluding tert-OH is 1. The molecule has 0 unspecified atom stereocenters. The summed E-state index contributed by atoms with van der Waals surface area (Å²) in [5.74, 6) is -0.977. The molecule has 3 N–H and O–H groups in total. The van der Waals surface area contributed by atoms with Crippen molar-refractivity contribution in [3.05, 3.63) is 48.6 Å². The Morgan fingerprint density at radius 2 is 1.16 bits per heavy atom. The van der Waals surface area contributed by atoms with E-state index in [4.69, 9.17) is 19.3 Å². The number of rotatable bonds is 34. The van der Waals surface area contributed by atoms with Gasteiger partial charge in [0, 0.05) is 12.8 Å². The Kier molecular flexibility index (Phi) is 33.0. The molecule has 0 aliphatic carbocycles. The Balaban J connectivity index is 4.12. The number of aliphatic hydroxyl groups is 1. The molecule has 0 saturated carbocycles. The van der Waals surface area contributed by atoms with Crippen LogP contribution >= 0.6 is 7.82 Å². The molecule has 0 aromatic rings. The Hall–Kier alpha value is -2.03. The third kappa shape index (κ3) is 37.1. The van der Waals surface area contributed by atoms with Crippen molar-refractivity contribution in [2.24, 2.45) is 0 Å². The van der Waals surface area contributed by atoms with Crippen LogP contribution in [0.15, 0.2) is 48.6 Å². The van der Waals surface area contributed by atoms with Gasteiger partial charge in [-0.15, -0.1) is 0 Å². The van der Waals surface area contributed by atoms with Crippen LogP contribution < -0.4 is 0 Å². The van der Waals surface area contributed by atoms with Crippen LogP contribution in [0.5, 0.6) is 0 Å². The molecular weight excluding hydrogens is 643 g/mol. The van der Waals surface area contributed by atoms with Crippen LogP contribution in [0.2, 0.25) is 0 Å². The van der Waals surface area contributed by atoms with Crippen molar-refractivity contribution in [3.8, 4) is 0 Å². The molecule has 0 rings (SSSR count). The first-order valence-electron chi connectivity index (χ1n) is 19.0. The first-order chi connectivity index (χ1) is 23.7. The molecule has 0 aliphatic heterocycles. The van der Waals surface area contributed by atoms with Crippen LogP contribution in [0, 0.1) is 0 Å². The van der Waals surface area contributed by atoms with Gasteiger partial charge in [0.05, 0.1) is 12.7 Å². The van der Waals surface area contributed by atoms with Crippen LogP contribution in [-0.4, -0.2) is 52.3 Å². The standard InChI is InChI=1S/C39H69O9P/c1-3-5-7-8-9-10-11-12-15-18-21-24-28-32-38(41)46-34-37(35-47-49(43,44)45)48-39(42)33-29-25-22-19-16-13-14-17-20-23-27-31-36(40)30-26-6-4-2/h13-14,19-20,22-23,27,31,36-37,40H,3-12,15-18,21,24-26,28-30,32-35H2,1-2H3,(H2,43,44,45)/b14-13-,22-19-,23-20-,31-27+/t36-,37+/m0/s1. The SMILES string of the molecule is CCCCCCCCCCCCCCCC(=O)OC[C@H](COP(=O)(O)O)OC(=O)CCC/C=C\C/C=C\C/C=C\C=C\[C@@H](O)CCCCC. The lowest BCUT2D eigenvalue weighted by atomic mass is 10.0. The Morgan fingerprint density at radius 1 is 0.633 bits per heavy atom. The summed E-state index contributed by atoms with van der Waals surface area (Å²) < 4.78 is 26.2. The first-order valence-corrected chi connectivity index (χ1v) is 20.6. The van der Waals surface area contributed by atoms with Crippen LogP contribution in [0.4, 0.5) is 0 Å². The van der Waals surface area contributed by atoms with Crippen molar-refractivity contribution in [1.82, 2.24) is 0 Å². The van der Waals surface area contributed by atoms with Crippen molar-refractivity contribution in [1.29, 1.82) is 0 Å². The number of phosphoric acid groups is 1. The largest absolute Gasteiger partial charge is 0.469 e. The summed E-state index contributed by atoms with van der Waals surface area (Å²) in [6.45, 7) is 3.50. The maximum Gasteiger partial charge on any atom is 0.469 e. The quantitative estimate of drug-likeness (QED) is 0.0195. The molecule has 0 aromatic heterocycles. The predicted octanol–water partition coefficient (Wildman–Crippen LogP) is 10.1. The number of ether oxygens (including phenoxy) is 2. The first kappa shape index (κ1) is 47.0. The Morgan fingerprint density at radius 3 is 1.78 bits per heavy atom. The van der Waals surface area contributed by atoms with E-state index < -0.39 is 32.5 Å². The molecule has 49 heavy (non-hydrogen) atoms. The van der Waals surface area contributed by atoms with Crippen LogP contribution in [0.3, 0.4) is 0 Å². The third-order valence-electron chi connectivity index (χ3n) is 7.95. The minimum absolute atomic E-state index is 0.116. The van der Waals surface area contributed by atoms with Gasteiger partial charge < -0.3 is 24.4 Å². The zero-order valence-electron chi connectivity index (χ0n) is 30.7. The summed E-state index contributed by atoms with van der Waals surface area (Å²) in [6, 6.07) is 0. The summed E-state index contributed by atoms with van der Waals surface area (Å²) in [7, 11) is -4.77. The number of carbonyl (C=O) groups excluding carboxylic acids is 2. The fourth-order valence-electron chi connectivity index (χ4n) is 5.06. The lowest BCUT2D eigenvalue weighted by Crippen LogP contribution is -2.29. The minimum Gasteiger partial charge on any atom is -0.462 e. The number of hydrogen-bond acceptors (Lipinski definition) is 7. The number of unbranched alkanes of at least 4 members (excludes halogenated alkanes) is 15. The molecule has 0 fully saturated rings. The van der Waals surface area contributed by atoms with E-state index in [1.165, 1.54) is 64.2 Å². The lowest BCUT2D eigenvalue weighted by Gasteiger charge is -2.18. The van der Waals surface area contributed by atoms with Crippen molar-refractivity contribution in [2.45, 2.75) is 174 Å². The van der Waals surface area contributed by atoms with Gasteiger partial charge in [-0.1, -0.05) is 159 Å². The molecule has 284 valence electrons. The molecule has 0 spiro atoms. The average Bonchev–Trinajstić information content (AvgIpc) is 3.06. The van der Waals surface area contributed by atoms with Crippen LogP contribution in [0.25, 0.3) is 0 Å². The highest BCUT2D eigenvalue weighted by Crippen LogP contribution is 2.36. The number of carbonyl (C=O) groups is 2. The summed E-state index contributed by atoms with van der Waals surface area (Å²) in [6.07, 6.45) is 37.3. The predicted molar refractivity (Wildman–Crippen MR) is 199 cm³/mol. The molecular formula is C39H69O9P. The Bertz CT molecular complexity index is 954. The van der Waals surface area contributed by atoms with Gasteiger partial charge in [-0.2, -0.15) is 0 Å². The zero-order valence-corrected chi connectivity index (χ0v) is 31.6. The molecule has 0 amide bonds. The van der Waals surface area contributed by atoms with E-state index in [1.807, 2.05) is 36.5 Å². The molecule has 0 heterocycles. The molecule has 0 bridgehead atoms. The fourth-order valence-corrected chi connectivity index (χ4v) is 5.42. The van der Waals surface area contributed by atoms with Crippen molar-refractivity contribution < 1.29 is 43.0 Å². The van der Waals surface area contributed by atoms with Gasteiger partial charge in [-0.25, -0.2) is 4.57 Å². The highest BCUT2D eigenvalue weighted by molar-refractivity contribution is 7.46. The van der Waals surface area contributed by atoms with E-state index in [2.05, 4.69) is 30.5 Å². The van der Waals surface area contributed by atoms with Gasteiger partial charge in [-0.05, 0) is 38.5 Å². The summed E-state index contributed by atoms with van der Waals surface area (Å²) in [4.78, 5) is 42.7. The molecule has 9 nitrogen and oxygen atoms in total.